The van der Waals surface area contributed by atoms with Crippen LogP contribution in [0.4, 0.5) is 0 Å². The maximum atomic E-state index is 5.64. The Morgan fingerprint density at radius 2 is 1.40 bits per heavy atom. The van der Waals surface area contributed by atoms with E-state index in [0.29, 0.717) is 12.2 Å². The van der Waals surface area contributed by atoms with E-state index in [1.165, 1.54) is 89.9 Å². The van der Waals surface area contributed by atoms with E-state index < -0.39 is 0 Å². The lowest BCUT2D eigenvalue weighted by Crippen LogP contribution is -2.34. The van der Waals surface area contributed by atoms with Gasteiger partial charge < -0.3 is 4.74 Å². The first-order valence-corrected chi connectivity index (χ1v) is 9.30. The molecule has 1 aliphatic rings. The summed E-state index contributed by atoms with van der Waals surface area (Å²) >= 11 is 0. The molecule has 0 N–H and O–H groups in total. The maximum absolute atomic E-state index is 5.64. The molecule has 0 spiro atoms. The number of rotatable bonds is 14. The second-order valence-electron chi connectivity index (χ2n) is 6.64. The third-order valence-corrected chi connectivity index (χ3v) is 4.47. The van der Waals surface area contributed by atoms with E-state index in [1.807, 2.05) is 0 Å². The van der Waals surface area contributed by atoms with Gasteiger partial charge in [0.05, 0.1) is 12.2 Å². The highest BCUT2D eigenvalue weighted by Crippen LogP contribution is 2.24. The Hall–Kier alpha value is -0.0400. The van der Waals surface area contributed by atoms with Gasteiger partial charge >= 0.3 is 0 Å². The Bertz CT molecular complexity index is 196. The van der Waals surface area contributed by atoms with Gasteiger partial charge in [0.25, 0.3) is 0 Å². The molecule has 0 aliphatic carbocycles. The monoisotopic (exact) mass is 281 g/mol. The molecule has 1 saturated heterocycles. The Balaban J connectivity index is 1.64. The van der Waals surface area contributed by atoms with Crippen molar-refractivity contribution < 1.29 is 4.74 Å². The zero-order valence-corrected chi connectivity index (χ0v) is 14.0. The molecule has 0 aromatic rings. The van der Waals surface area contributed by atoms with Gasteiger partial charge in [-0.2, -0.15) is 0 Å². The molecule has 20 heavy (non-hydrogen) atoms. The van der Waals surface area contributed by atoms with Crippen molar-refractivity contribution in [2.75, 3.05) is 0 Å². The largest absolute Gasteiger partial charge is 0.375 e. The van der Waals surface area contributed by atoms with Gasteiger partial charge in [0.2, 0.25) is 0 Å². The number of unbranched alkanes of at least 4 members (excludes halogenated alkanes) is 12. The van der Waals surface area contributed by atoms with Gasteiger partial charge in [0.15, 0.2) is 0 Å². The zero-order valence-electron chi connectivity index (χ0n) is 14.0. The van der Waals surface area contributed by atoms with Gasteiger partial charge in [0, 0.05) is 0 Å². The van der Waals surface area contributed by atoms with Gasteiger partial charge in [-0.15, -0.1) is 0 Å². The number of ether oxygens (including phenoxy) is 1. The van der Waals surface area contributed by atoms with E-state index in [4.69, 9.17) is 4.74 Å². The fourth-order valence-corrected chi connectivity index (χ4v) is 3.10. The van der Waals surface area contributed by atoms with Crippen LogP contribution in [0.15, 0.2) is 0 Å². The highest BCUT2D eigenvalue weighted by molar-refractivity contribution is 4.73. The van der Waals surface area contributed by atoms with Gasteiger partial charge in [-0.05, 0) is 26.2 Å². The van der Waals surface area contributed by atoms with Crippen molar-refractivity contribution in [2.24, 2.45) is 0 Å². The molecule has 0 saturated carbocycles. The van der Waals surface area contributed by atoms with E-state index in [-0.39, 0.29) is 0 Å². The van der Waals surface area contributed by atoms with Crippen LogP contribution in [0.2, 0.25) is 0 Å². The quantitative estimate of drug-likeness (QED) is 0.332. The zero-order chi connectivity index (χ0) is 14.5. The second-order valence-corrected chi connectivity index (χ2v) is 6.64. The fourth-order valence-electron chi connectivity index (χ4n) is 3.10. The molecule has 0 aromatic heterocycles. The summed E-state index contributed by atoms with van der Waals surface area (Å²) in [5.74, 6) is 0. The Morgan fingerprint density at radius 3 is 2.00 bits per heavy atom. The van der Waals surface area contributed by atoms with Gasteiger partial charge in [-0.1, -0.05) is 84.0 Å². The minimum absolute atomic E-state index is 0.540. The minimum Gasteiger partial charge on any atom is -0.375 e. The Morgan fingerprint density at radius 1 is 0.850 bits per heavy atom. The topological polar surface area (TPSA) is 9.23 Å². The van der Waals surface area contributed by atoms with Crippen LogP contribution in [0.1, 0.15) is 104 Å². The van der Waals surface area contributed by atoms with Crippen molar-refractivity contribution in [2.45, 2.75) is 116 Å². The normalized spacial score (nSPS) is 21.9. The van der Waals surface area contributed by atoms with E-state index >= 15 is 0 Å². The smallest absolute Gasteiger partial charge is 0.0603 e. The third kappa shape index (κ3) is 9.80. The number of hydrogen-bond acceptors (Lipinski definition) is 1. The van der Waals surface area contributed by atoms with Crippen molar-refractivity contribution in [1.29, 1.82) is 0 Å². The van der Waals surface area contributed by atoms with Crippen LogP contribution in [0.5, 0.6) is 0 Å². The molecule has 1 aliphatic heterocycles. The second kappa shape index (κ2) is 12.7. The van der Waals surface area contributed by atoms with E-state index in [1.54, 1.807) is 0 Å². The van der Waals surface area contributed by atoms with Crippen molar-refractivity contribution in [3.63, 3.8) is 0 Å². The predicted octanol–water partition coefficient (Wildman–Crippen LogP) is 6.46. The summed E-state index contributed by atoms with van der Waals surface area (Å²) in [7, 11) is 0. The molecule has 1 heterocycles. The predicted molar refractivity (Wildman–Crippen MR) is 88.9 cm³/mol. The van der Waals surface area contributed by atoms with Gasteiger partial charge in [-0.25, -0.2) is 0 Å². The van der Waals surface area contributed by atoms with Crippen LogP contribution in [0.25, 0.3) is 0 Å². The molecule has 1 fully saturated rings. The maximum Gasteiger partial charge on any atom is 0.0603 e. The minimum atomic E-state index is 0.540. The van der Waals surface area contributed by atoms with Crippen molar-refractivity contribution in [1.82, 2.24) is 0 Å². The van der Waals surface area contributed by atoms with Crippen molar-refractivity contribution >= 4 is 0 Å². The molecule has 1 radical (unpaired) electrons. The van der Waals surface area contributed by atoms with Crippen LogP contribution in [-0.4, -0.2) is 12.2 Å². The first-order chi connectivity index (χ1) is 9.83. The SMILES string of the molecule is CCCCCC[CH]CCCCCCCCC1CC(C)O1. The molecular formula is C19H37O. The summed E-state index contributed by atoms with van der Waals surface area (Å²) in [4.78, 5) is 0. The van der Waals surface area contributed by atoms with Gasteiger partial charge in [-0.3, -0.25) is 0 Å². The first kappa shape index (κ1) is 18.0. The summed E-state index contributed by atoms with van der Waals surface area (Å²) in [5, 5.41) is 0. The molecule has 0 bridgehead atoms. The molecule has 2 unspecified atom stereocenters. The lowest BCUT2D eigenvalue weighted by atomic mass is 9.99. The highest BCUT2D eigenvalue weighted by Gasteiger charge is 2.24. The molecule has 119 valence electrons. The molecule has 2 atom stereocenters. The lowest BCUT2D eigenvalue weighted by molar-refractivity contribution is -0.117. The van der Waals surface area contributed by atoms with Gasteiger partial charge in [0.1, 0.15) is 0 Å². The molecule has 0 aromatic carbocycles. The average Bonchev–Trinajstić information content (AvgIpc) is 2.41. The highest BCUT2D eigenvalue weighted by atomic mass is 16.5. The van der Waals surface area contributed by atoms with Crippen molar-refractivity contribution in [3.8, 4) is 0 Å². The van der Waals surface area contributed by atoms with Crippen molar-refractivity contribution in [3.05, 3.63) is 6.42 Å². The average molecular weight is 282 g/mol. The molecule has 1 nitrogen and oxygen atoms in total. The first-order valence-electron chi connectivity index (χ1n) is 9.30. The molecule has 1 rings (SSSR count). The summed E-state index contributed by atoms with van der Waals surface area (Å²) < 4.78 is 5.64. The summed E-state index contributed by atoms with van der Waals surface area (Å²) in [6.07, 6.45) is 23.1. The Kier molecular flexibility index (Phi) is 11.4. The fraction of sp³-hybridized carbons (Fsp3) is 0.947. The molecular weight excluding hydrogens is 244 g/mol. The summed E-state index contributed by atoms with van der Waals surface area (Å²) in [6, 6.07) is 0. The van der Waals surface area contributed by atoms with Crippen LogP contribution < -0.4 is 0 Å². The Labute approximate surface area is 127 Å². The summed E-state index contributed by atoms with van der Waals surface area (Å²) in [5.41, 5.74) is 0. The molecule has 1 heteroatoms. The van der Waals surface area contributed by atoms with Crippen LogP contribution in [-0.2, 0) is 4.74 Å². The summed E-state index contributed by atoms with van der Waals surface area (Å²) in [6.45, 7) is 4.46. The van der Waals surface area contributed by atoms with Crippen LogP contribution in [0.3, 0.4) is 0 Å². The standard InChI is InChI=1S/C19H37O/c1-3-4-5-6-7-8-9-10-11-12-13-14-15-16-19-17-18(2)20-19/h8,18-19H,3-7,9-17H2,1-2H3. The van der Waals surface area contributed by atoms with Crippen LogP contribution >= 0.6 is 0 Å². The van der Waals surface area contributed by atoms with E-state index in [0.717, 1.165) is 0 Å². The lowest BCUT2D eigenvalue weighted by Gasteiger charge is -2.33. The van der Waals surface area contributed by atoms with E-state index in [9.17, 15) is 0 Å². The number of hydrogen-bond donors (Lipinski definition) is 0. The van der Waals surface area contributed by atoms with Crippen LogP contribution in [0, 0.1) is 6.42 Å². The third-order valence-electron chi connectivity index (χ3n) is 4.47. The molecule has 0 amide bonds. The van der Waals surface area contributed by atoms with E-state index in [2.05, 4.69) is 20.3 Å².